The van der Waals surface area contributed by atoms with Crippen LogP contribution in [0.1, 0.15) is 23.0 Å². The molecule has 1 aliphatic rings. The molecular weight excluding hydrogens is 350 g/mol. The SMILES string of the molecule is C[C@@H](OC(=O)c1cc2ccccc2o1)C(=O)NCc1ccc2c(c1)OCO2. The zero-order valence-corrected chi connectivity index (χ0v) is 14.6. The third-order valence-corrected chi connectivity index (χ3v) is 4.18. The molecule has 0 spiro atoms. The molecule has 7 heteroatoms. The lowest BCUT2D eigenvalue weighted by Crippen LogP contribution is -2.35. The first-order valence-corrected chi connectivity index (χ1v) is 8.46. The molecular formula is C20H17NO6. The fourth-order valence-corrected chi connectivity index (χ4v) is 2.74. The fourth-order valence-electron chi connectivity index (χ4n) is 2.74. The zero-order chi connectivity index (χ0) is 18.8. The summed E-state index contributed by atoms with van der Waals surface area (Å²) in [7, 11) is 0. The lowest BCUT2D eigenvalue weighted by Gasteiger charge is -2.13. The summed E-state index contributed by atoms with van der Waals surface area (Å²) >= 11 is 0. The third-order valence-electron chi connectivity index (χ3n) is 4.18. The number of nitrogens with one attached hydrogen (secondary N) is 1. The molecule has 2 aromatic carbocycles. The van der Waals surface area contributed by atoms with Gasteiger partial charge in [0.1, 0.15) is 5.58 Å². The van der Waals surface area contributed by atoms with E-state index in [0.29, 0.717) is 17.1 Å². The predicted octanol–water partition coefficient (Wildman–Crippen LogP) is 3.02. The summed E-state index contributed by atoms with van der Waals surface area (Å²) in [4.78, 5) is 24.4. The van der Waals surface area contributed by atoms with Crippen LogP contribution >= 0.6 is 0 Å². The highest BCUT2D eigenvalue weighted by atomic mass is 16.7. The van der Waals surface area contributed by atoms with Crippen LogP contribution in [-0.2, 0) is 16.1 Å². The molecule has 2 heterocycles. The molecule has 1 N–H and O–H groups in total. The van der Waals surface area contributed by atoms with Crippen LogP contribution in [-0.4, -0.2) is 24.8 Å². The lowest BCUT2D eigenvalue weighted by atomic mass is 10.2. The maximum absolute atomic E-state index is 12.2. The van der Waals surface area contributed by atoms with Gasteiger partial charge in [-0.3, -0.25) is 4.79 Å². The van der Waals surface area contributed by atoms with Crippen molar-refractivity contribution in [2.45, 2.75) is 19.6 Å². The normalized spacial score (nSPS) is 13.4. The smallest absolute Gasteiger partial charge is 0.375 e. The molecule has 7 nitrogen and oxygen atoms in total. The second-order valence-electron chi connectivity index (χ2n) is 6.10. The van der Waals surface area contributed by atoms with Gasteiger partial charge in [0, 0.05) is 11.9 Å². The Morgan fingerprint density at radius 2 is 1.93 bits per heavy atom. The van der Waals surface area contributed by atoms with Crippen molar-refractivity contribution in [2.24, 2.45) is 0 Å². The number of amides is 1. The van der Waals surface area contributed by atoms with Gasteiger partial charge in [0.2, 0.25) is 12.6 Å². The molecule has 0 saturated heterocycles. The summed E-state index contributed by atoms with van der Waals surface area (Å²) in [5.74, 6) is 0.296. The van der Waals surface area contributed by atoms with Crippen LogP contribution in [0.4, 0.5) is 0 Å². The molecule has 4 rings (SSSR count). The van der Waals surface area contributed by atoms with Gasteiger partial charge in [-0.2, -0.15) is 0 Å². The first-order valence-electron chi connectivity index (χ1n) is 8.46. The number of benzene rings is 2. The van der Waals surface area contributed by atoms with E-state index in [9.17, 15) is 9.59 Å². The van der Waals surface area contributed by atoms with Gasteiger partial charge >= 0.3 is 5.97 Å². The van der Waals surface area contributed by atoms with Crippen molar-refractivity contribution in [3.63, 3.8) is 0 Å². The standard InChI is InChI=1S/C20H17NO6/c1-12(26-20(23)18-9-14-4-2-3-5-15(14)27-18)19(22)21-10-13-6-7-16-17(8-13)25-11-24-16/h2-9,12H,10-11H2,1H3,(H,21,22)/t12-/m1/s1. The van der Waals surface area contributed by atoms with E-state index < -0.39 is 18.0 Å². The Kier molecular flexibility index (Phi) is 4.42. The Hall–Kier alpha value is -3.48. The van der Waals surface area contributed by atoms with Crippen molar-refractivity contribution in [1.82, 2.24) is 5.32 Å². The second-order valence-corrected chi connectivity index (χ2v) is 6.10. The number of esters is 1. The summed E-state index contributed by atoms with van der Waals surface area (Å²) in [6.07, 6.45) is -0.959. The highest BCUT2D eigenvalue weighted by molar-refractivity contribution is 5.94. The van der Waals surface area contributed by atoms with Crippen LogP contribution in [0.5, 0.6) is 11.5 Å². The fraction of sp³-hybridized carbons (Fsp3) is 0.200. The number of carbonyl (C=O) groups is 2. The van der Waals surface area contributed by atoms with Crippen LogP contribution in [0.3, 0.4) is 0 Å². The van der Waals surface area contributed by atoms with Crippen molar-refractivity contribution >= 4 is 22.8 Å². The molecule has 0 radical (unpaired) electrons. The van der Waals surface area contributed by atoms with E-state index in [1.165, 1.54) is 6.92 Å². The van der Waals surface area contributed by atoms with Gasteiger partial charge < -0.3 is 23.9 Å². The van der Waals surface area contributed by atoms with Crippen molar-refractivity contribution in [1.29, 1.82) is 0 Å². The number of carbonyl (C=O) groups excluding carboxylic acids is 2. The Balaban J connectivity index is 1.34. The predicted molar refractivity (Wildman–Crippen MR) is 95.5 cm³/mol. The minimum atomic E-state index is -0.959. The molecule has 0 aliphatic carbocycles. The summed E-state index contributed by atoms with van der Waals surface area (Å²) in [6.45, 7) is 1.98. The van der Waals surface area contributed by atoms with E-state index in [0.717, 1.165) is 10.9 Å². The monoisotopic (exact) mass is 367 g/mol. The third kappa shape index (κ3) is 3.57. The molecule has 3 aromatic rings. The van der Waals surface area contributed by atoms with Crippen molar-refractivity contribution in [2.75, 3.05) is 6.79 Å². The van der Waals surface area contributed by atoms with Gasteiger partial charge in [-0.05, 0) is 36.8 Å². The van der Waals surface area contributed by atoms with Gasteiger partial charge in [0.15, 0.2) is 17.6 Å². The number of hydrogen-bond acceptors (Lipinski definition) is 6. The van der Waals surface area contributed by atoms with E-state index >= 15 is 0 Å². The van der Waals surface area contributed by atoms with E-state index in [1.807, 2.05) is 24.3 Å². The van der Waals surface area contributed by atoms with Gasteiger partial charge in [-0.15, -0.1) is 0 Å². The Bertz CT molecular complexity index is 976. The quantitative estimate of drug-likeness (QED) is 0.698. The van der Waals surface area contributed by atoms with Crippen LogP contribution in [0, 0.1) is 0 Å². The lowest BCUT2D eigenvalue weighted by molar-refractivity contribution is -0.129. The molecule has 0 bridgehead atoms. The first-order chi connectivity index (χ1) is 13.1. The number of rotatable bonds is 5. The minimum Gasteiger partial charge on any atom is -0.454 e. The Morgan fingerprint density at radius 3 is 2.78 bits per heavy atom. The van der Waals surface area contributed by atoms with Gasteiger partial charge in [-0.1, -0.05) is 24.3 Å². The number of para-hydroxylation sites is 1. The maximum Gasteiger partial charge on any atom is 0.375 e. The van der Waals surface area contributed by atoms with E-state index in [2.05, 4.69) is 5.32 Å². The number of hydrogen-bond donors (Lipinski definition) is 1. The van der Waals surface area contributed by atoms with Crippen LogP contribution < -0.4 is 14.8 Å². The molecule has 0 saturated carbocycles. The molecule has 138 valence electrons. The van der Waals surface area contributed by atoms with Crippen LogP contribution in [0.25, 0.3) is 11.0 Å². The molecule has 1 aliphatic heterocycles. The van der Waals surface area contributed by atoms with E-state index in [1.54, 1.807) is 24.3 Å². The molecule has 1 aromatic heterocycles. The highest BCUT2D eigenvalue weighted by Gasteiger charge is 2.21. The van der Waals surface area contributed by atoms with Crippen molar-refractivity contribution in [3.05, 3.63) is 59.9 Å². The maximum atomic E-state index is 12.2. The Labute approximate surface area is 154 Å². The second kappa shape index (κ2) is 7.03. The van der Waals surface area contributed by atoms with Crippen LogP contribution in [0.2, 0.25) is 0 Å². The van der Waals surface area contributed by atoms with Gasteiger partial charge in [-0.25, -0.2) is 4.79 Å². The molecule has 1 amide bonds. The molecule has 0 unspecified atom stereocenters. The summed E-state index contributed by atoms with van der Waals surface area (Å²) in [5, 5.41) is 3.53. The first kappa shape index (κ1) is 17.0. The topological polar surface area (TPSA) is 87.0 Å². The van der Waals surface area contributed by atoms with E-state index in [-0.39, 0.29) is 19.1 Å². The summed E-state index contributed by atoms with van der Waals surface area (Å²) < 4.78 is 21.2. The largest absolute Gasteiger partial charge is 0.454 e. The van der Waals surface area contributed by atoms with Crippen LogP contribution in [0.15, 0.2) is 52.9 Å². The summed E-state index contributed by atoms with van der Waals surface area (Å²) in [6, 6.07) is 14.3. The van der Waals surface area contributed by atoms with Crippen molar-refractivity contribution < 1.29 is 28.2 Å². The minimum absolute atomic E-state index is 0.0617. The highest BCUT2D eigenvalue weighted by Crippen LogP contribution is 2.32. The van der Waals surface area contributed by atoms with E-state index in [4.69, 9.17) is 18.6 Å². The Morgan fingerprint density at radius 1 is 1.11 bits per heavy atom. The average Bonchev–Trinajstić information content (AvgIpc) is 3.31. The number of fused-ring (bicyclic) bond motifs is 2. The molecule has 27 heavy (non-hydrogen) atoms. The molecule has 0 fully saturated rings. The number of ether oxygens (including phenoxy) is 3. The zero-order valence-electron chi connectivity index (χ0n) is 14.6. The molecule has 1 atom stereocenters. The van der Waals surface area contributed by atoms with Crippen molar-refractivity contribution in [3.8, 4) is 11.5 Å². The summed E-state index contributed by atoms with van der Waals surface area (Å²) in [5.41, 5.74) is 1.44. The average molecular weight is 367 g/mol. The number of furan rings is 1. The van der Waals surface area contributed by atoms with Gasteiger partial charge in [0.05, 0.1) is 0 Å². The van der Waals surface area contributed by atoms with Gasteiger partial charge in [0.25, 0.3) is 5.91 Å².